The molecule has 5 rings (SSSR count). The number of halogens is 1. The monoisotopic (exact) mass is 522 g/mol. The minimum absolute atomic E-state index is 0.00627. The summed E-state index contributed by atoms with van der Waals surface area (Å²) in [5.41, 5.74) is 2.46. The molecule has 194 valence electrons. The predicted octanol–water partition coefficient (Wildman–Crippen LogP) is 5.93. The zero-order chi connectivity index (χ0) is 25.8. The number of benzene rings is 2. The summed E-state index contributed by atoms with van der Waals surface area (Å²) in [5, 5.41) is 2.02. The average molecular weight is 523 g/mol. The van der Waals surface area contributed by atoms with Crippen molar-refractivity contribution in [1.82, 2.24) is 9.80 Å². The van der Waals surface area contributed by atoms with Gasteiger partial charge in [0.15, 0.2) is 11.5 Å². The Labute approximate surface area is 220 Å². The molecule has 1 fully saturated rings. The van der Waals surface area contributed by atoms with E-state index in [-0.39, 0.29) is 37.0 Å². The van der Waals surface area contributed by atoms with Gasteiger partial charge in [-0.1, -0.05) is 31.4 Å². The number of nitrogens with zero attached hydrogens (tertiary/aromatic N) is 2. The van der Waals surface area contributed by atoms with Crippen LogP contribution < -0.4 is 9.47 Å². The number of rotatable bonds is 8. The third-order valence-corrected chi connectivity index (χ3v) is 8.15. The zero-order valence-electron chi connectivity index (χ0n) is 21.0. The lowest BCUT2D eigenvalue weighted by molar-refractivity contribution is -0.133. The summed E-state index contributed by atoms with van der Waals surface area (Å²) in [7, 11) is 0. The number of fused-ring (bicyclic) bond motifs is 1. The highest BCUT2D eigenvalue weighted by Gasteiger charge is 2.31. The molecule has 0 atom stereocenters. The molecule has 0 bridgehead atoms. The Morgan fingerprint density at radius 3 is 2.46 bits per heavy atom. The minimum atomic E-state index is -0.312. The van der Waals surface area contributed by atoms with Crippen molar-refractivity contribution < 1.29 is 23.5 Å². The molecule has 1 aliphatic heterocycles. The Balaban J connectivity index is 1.40. The molecule has 8 heteroatoms. The van der Waals surface area contributed by atoms with Gasteiger partial charge in [0, 0.05) is 23.0 Å². The van der Waals surface area contributed by atoms with E-state index >= 15 is 0 Å². The molecule has 0 saturated heterocycles. The molecule has 2 amide bonds. The van der Waals surface area contributed by atoms with E-state index in [0.29, 0.717) is 30.2 Å². The first-order valence-corrected chi connectivity index (χ1v) is 13.6. The number of hydrogen-bond donors (Lipinski definition) is 0. The molecule has 1 aliphatic carbocycles. The van der Waals surface area contributed by atoms with Crippen molar-refractivity contribution >= 4 is 23.2 Å². The second-order valence-corrected chi connectivity index (χ2v) is 10.7. The van der Waals surface area contributed by atoms with Gasteiger partial charge in [0.05, 0.1) is 6.54 Å². The molecule has 2 heterocycles. The second kappa shape index (κ2) is 11.3. The molecular weight excluding hydrogens is 491 g/mol. The fourth-order valence-electron chi connectivity index (χ4n) is 4.98. The van der Waals surface area contributed by atoms with E-state index in [1.807, 2.05) is 18.4 Å². The number of carbonyl (C=O) groups is 2. The number of thiophene rings is 1. The highest BCUT2D eigenvalue weighted by atomic mass is 32.1. The van der Waals surface area contributed by atoms with Crippen LogP contribution in [0.4, 0.5) is 4.39 Å². The molecule has 0 spiro atoms. The summed E-state index contributed by atoms with van der Waals surface area (Å²) in [6, 6.07) is 13.5. The largest absolute Gasteiger partial charge is 0.454 e. The first-order chi connectivity index (χ1) is 18.0. The minimum Gasteiger partial charge on any atom is -0.454 e. The molecule has 2 aliphatic rings. The fourth-order valence-corrected chi connectivity index (χ4v) is 5.90. The lowest BCUT2D eigenvalue weighted by Crippen LogP contribution is -2.48. The van der Waals surface area contributed by atoms with Crippen molar-refractivity contribution in [3.63, 3.8) is 0 Å². The highest BCUT2D eigenvalue weighted by Crippen LogP contribution is 2.33. The van der Waals surface area contributed by atoms with Crippen molar-refractivity contribution in [2.75, 3.05) is 13.3 Å². The molecule has 0 unspecified atom stereocenters. The summed E-state index contributed by atoms with van der Waals surface area (Å²) >= 11 is 1.61. The number of ether oxygens (including phenoxy) is 2. The van der Waals surface area contributed by atoms with Gasteiger partial charge in [-0.05, 0) is 72.7 Å². The fraction of sp³-hybridized carbons (Fsp3) is 0.379. The van der Waals surface area contributed by atoms with E-state index in [2.05, 4.69) is 0 Å². The summed E-state index contributed by atoms with van der Waals surface area (Å²) in [6.07, 6.45) is 4.98. The lowest BCUT2D eigenvalue weighted by atomic mass is 9.93. The van der Waals surface area contributed by atoms with Gasteiger partial charge in [0.1, 0.15) is 12.4 Å². The smallest absolute Gasteiger partial charge is 0.254 e. The average Bonchev–Trinajstić information content (AvgIpc) is 3.56. The zero-order valence-corrected chi connectivity index (χ0v) is 21.8. The van der Waals surface area contributed by atoms with Crippen LogP contribution in [-0.4, -0.2) is 41.0 Å². The lowest BCUT2D eigenvalue weighted by Gasteiger charge is -2.35. The van der Waals surface area contributed by atoms with Gasteiger partial charge < -0.3 is 19.3 Å². The van der Waals surface area contributed by atoms with Crippen LogP contribution in [0.2, 0.25) is 0 Å². The molecule has 0 radical (unpaired) electrons. The number of amides is 2. The molecule has 1 aromatic heterocycles. The quantitative estimate of drug-likeness (QED) is 0.368. The van der Waals surface area contributed by atoms with Crippen molar-refractivity contribution in [3.05, 3.63) is 81.3 Å². The molecular formula is C29H31FN2O4S. The van der Waals surface area contributed by atoms with Crippen LogP contribution in [0.25, 0.3) is 0 Å². The van der Waals surface area contributed by atoms with Crippen LogP contribution in [0.15, 0.2) is 53.9 Å². The van der Waals surface area contributed by atoms with Crippen LogP contribution in [0.3, 0.4) is 0 Å². The van der Waals surface area contributed by atoms with Crippen LogP contribution in [0, 0.1) is 12.7 Å². The van der Waals surface area contributed by atoms with Crippen molar-refractivity contribution in [3.8, 4) is 11.5 Å². The second-order valence-electron chi connectivity index (χ2n) is 9.70. The van der Waals surface area contributed by atoms with Gasteiger partial charge in [-0.25, -0.2) is 4.39 Å². The van der Waals surface area contributed by atoms with Crippen molar-refractivity contribution in [2.45, 2.75) is 58.2 Å². The molecule has 0 N–H and O–H groups in total. The van der Waals surface area contributed by atoms with Gasteiger partial charge in [-0.2, -0.15) is 0 Å². The maximum Gasteiger partial charge on any atom is 0.254 e. The van der Waals surface area contributed by atoms with E-state index in [1.54, 1.807) is 51.5 Å². The normalized spacial score (nSPS) is 15.0. The van der Waals surface area contributed by atoms with Gasteiger partial charge in [-0.15, -0.1) is 11.3 Å². The van der Waals surface area contributed by atoms with Gasteiger partial charge >= 0.3 is 0 Å². The van der Waals surface area contributed by atoms with Crippen LogP contribution in [0.1, 0.15) is 58.5 Å². The van der Waals surface area contributed by atoms with E-state index in [4.69, 9.17) is 9.47 Å². The molecule has 6 nitrogen and oxygen atoms in total. The van der Waals surface area contributed by atoms with Crippen molar-refractivity contribution in [1.29, 1.82) is 0 Å². The SMILES string of the molecule is Cc1ccsc1CN(Cc1ccc(F)cc1)C(=O)CN(C(=O)c1ccc2c(c1)OCO2)C1CCCCC1. The maximum absolute atomic E-state index is 13.8. The molecule has 2 aromatic carbocycles. The van der Waals surface area contributed by atoms with Gasteiger partial charge in [0.25, 0.3) is 5.91 Å². The number of aryl methyl sites for hydroxylation is 1. The molecule has 37 heavy (non-hydrogen) atoms. The molecule has 3 aromatic rings. The van der Waals surface area contributed by atoms with Gasteiger partial charge in [-0.3, -0.25) is 9.59 Å². The van der Waals surface area contributed by atoms with Crippen LogP contribution in [-0.2, 0) is 17.9 Å². The van der Waals surface area contributed by atoms with Crippen molar-refractivity contribution in [2.24, 2.45) is 0 Å². The Morgan fingerprint density at radius 1 is 0.973 bits per heavy atom. The number of hydrogen-bond acceptors (Lipinski definition) is 5. The highest BCUT2D eigenvalue weighted by molar-refractivity contribution is 7.10. The summed E-state index contributed by atoms with van der Waals surface area (Å²) in [4.78, 5) is 32.3. The van der Waals surface area contributed by atoms with E-state index in [0.717, 1.165) is 48.1 Å². The summed E-state index contributed by atoms with van der Waals surface area (Å²) < 4.78 is 24.4. The first-order valence-electron chi connectivity index (χ1n) is 12.7. The standard InChI is InChI=1S/C29H31FN2O4S/c1-20-13-14-37-27(20)17-31(16-21-7-10-23(30)11-8-21)28(33)18-32(24-5-3-2-4-6-24)29(34)22-9-12-25-26(15-22)36-19-35-25/h7-15,24H,2-6,16-19H2,1H3. The third-order valence-electron chi connectivity index (χ3n) is 7.14. The Bertz CT molecular complexity index is 1250. The summed E-state index contributed by atoms with van der Waals surface area (Å²) in [6.45, 7) is 2.94. The maximum atomic E-state index is 13.8. The predicted molar refractivity (Wildman–Crippen MR) is 140 cm³/mol. The van der Waals surface area contributed by atoms with Crippen LogP contribution >= 0.6 is 11.3 Å². The Hall–Kier alpha value is -3.39. The topological polar surface area (TPSA) is 59.1 Å². The van der Waals surface area contributed by atoms with Gasteiger partial charge in [0.2, 0.25) is 12.7 Å². The molecule has 1 saturated carbocycles. The van der Waals surface area contributed by atoms with E-state index in [1.165, 1.54) is 12.1 Å². The summed E-state index contributed by atoms with van der Waals surface area (Å²) in [5.74, 6) is 0.554. The van der Waals surface area contributed by atoms with E-state index < -0.39 is 0 Å². The Morgan fingerprint density at radius 2 is 1.73 bits per heavy atom. The van der Waals surface area contributed by atoms with E-state index in [9.17, 15) is 14.0 Å². The Kier molecular flexibility index (Phi) is 7.74. The van der Waals surface area contributed by atoms with Crippen LogP contribution in [0.5, 0.6) is 11.5 Å². The first kappa shape index (κ1) is 25.3. The third kappa shape index (κ3) is 5.96. The number of carbonyl (C=O) groups excluding carboxylic acids is 2.